The number of phenolic OH excluding ortho intramolecular Hbond substituents is 1. The molecule has 138 valence electrons. The summed E-state index contributed by atoms with van der Waals surface area (Å²) in [5.74, 6) is -1.90. The van der Waals surface area contributed by atoms with Gasteiger partial charge in [-0.3, -0.25) is 14.9 Å². The van der Waals surface area contributed by atoms with Crippen molar-refractivity contribution in [2.75, 3.05) is 0 Å². The Morgan fingerprint density at radius 3 is 2.38 bits per heavy atom. The van der Waals surface area contributed by atoms with Gasteiger partial charge in [-0.1, -0.05) is 23.8 Å². The average molecular weight is 380 g/mol. The van der Waals surface area contributed by atoms with Gasteiger partial charge in [-0.05, 0) is 30.7 Å². The summed E-state index contributed by atoms with van der Waals surface area (Å²) >= 11 is 0. The fraction of sp³-hybridized carbons (Fsp3) is 0.188. The van der Waals surface area contributed by atoms with E-state index < -0.39 is 44.8 Å². The predicted octanol–water partition coefficient (Wildman–Crippen LogP) is 2.10. The molecule has 0 aliphatic carbocycles. The van der Waals surface area contributed by atoms with Gasteiger partial charge in [0.05, 0.1) is 22.3 Å². The van der Waals surface area contributed by atoms with Crippen molar-refractivity contribution in [3.63, 3.8) is 0 Å². The van der Waals surface area contributed by atoms with E-state index >= 15 is 0 Å². The molecule has 0 radical (unpaired) electrons. The van der Waals surface area contributed by atoms with Gasteiger partial charge in [-0.2, -0.15) is 0 Å². The number of carbonyl (C=O) groups is 1. The normalized spacial score (nSPS) is 12.5. The third kappa shape index (κ3) is 4.55. The van der Waals surface area contributed by atoms with Crippen molar-refractivity contribution in [3.05, 3.63) is 63.7 Å². The van der Waals surface area contributed by atoms with Gasteiger partial charge in [0, 0.05) is 6.07 Å². The second-order valence-electron chi connectivity index (χ2n) is 5.59. The number of nitro benzene ring substituents is 1. The van der Waals surface area contributed by atoms with Crippen molar-refractivity contribution < 1.29 is 28.3 Å². The Labute approximate surface area is 149 Å². The molecule has 2 aromatic carbocycles. The summed E-state index contributed by atoms with van der Waals surface area (Å²) in [7, 11) is -4.06. The number of nitrogens with zero attached hydrogens (tertiary/aromatic N) is 1. The van der Waals surface area contributed by atoms with Crippen LogP contribution in [0.4, 0.5) is 5.69 Å². The van der Waals surface area contributed by atoms with E-state index in [-0.39, 0.29) is 10.5 Å². The highest BCUT2D eigenvalue weighted by atomic mass is 32.2. The topological polar surface area (TPSA) is 147 Å². The number of benzene rings is 2. The van der Waals surface area contributed by atoms with Crippen LogP contribution >= 0.6 is 0 Å². The highest BCUT2D eigenvalue weighted by Crippen LogP contribution is 2.30. The standard InChI is InChI=1S/C16H16N2O7S/c1-10-2-5-12(6-3-10)26(24,25)17-13(9-16(20)21)11-4-7-15(19)14(8-11)18(22)23/h2-8,13,17,19H,9H2,1H3,(H,20,21). The van der Waals surface area contributed by atoms with Crippen LogP contribution in [0.2, 0.25) is 0 Å². The number of sulfonamides is 1. The first-order valence-corrected chi connectivity index (χ1v) is 8.86. The van der Waals surface area contributed by atoms with Crippen molar-refractivity contribution in [3.8, 4) is 5.75 Å². The first-order chi connectivity index (χ1) is 12.1. The van der Waals surface area contributed by atoms with E-state index in [2.05, 4.69) is 4.72 Å². The molecule has 10 heteroatoms. The fourth-order valence-electron chi connectivity index (χ4n) is 2.28. The number of hydrogen-bond acceptors (Lipinski definition) is 6. The van der Waals surface area contributed by atoms with Crippen LogP contribution < -0.4 is 4.72 Å². The molecule has 1 atom stereocenters. The first kappa shape index (κ1) is 19.3. The number of nitro groups is 1. The number of aromatic hydroxyl groups is 1. The summed E-state index contributed by atoms with van der Waals surface area (Å²) in [6.45, 7) is 1.78. The van der Waals surface area contributed by atoms with E-state index in [9.17, 15) is 28.4 Å². The van der Waals surface area contributed by atoms with Crippen LogP contribution in [0.3, 0.4) is 0 Å². The molecule has 0 spiro atoms. The van der Waals surface area contributed by atoms with Crippen LogP contribution in [0.1, 0.15) is 23.6 Å². The summed E-state index contributed by atoms with van der Waals surface area (Å²) < 4.78 is 27.3. The molecular formula is C16H16N2O7S. The summed E-state index contributed by atoms with van der Waals surface area (Å²) in [6, 6.07) is 7.86. The van der Waals surface area contributed by atoms with Gasteiger partial charge >= 0.3 is 11.7 Å². The number of carboxylic acids is 1. The van der Waals surface area contributed by atoms with Crippen molar-refractivity contribution >= 4 is 21.7 Å². The van der Waals surface area contributed by atoms with Gasteiger partial charge in [0.2, 0.25) is 10.0 Å². The largest absolute Gasteiger partial charge is 0.502 e. The molecule has 0 saturated carbocycles. The molecule has 0 heterocycles. The fourth-order valence-corrected chi connectivity index (χ4v) is 3.50. The van der Waals surface area contributed by atoms with Crippen molar-refractivity contribution in [2.24, 2.45) is 0 Å². The van der Waals surface area contributed by atoms with Crippen molar-refractivity contribution in [2.45, 2.75) is 24.3 Å². The zero-order valence-corrected chi connectivity index (χ0v) is 14.4. The van der Waals surface area contributed by atoms with Gasteiger partial charge in [-0.15, -0.1) is 0 Å². The van der Waals surface area contributed by atoms with Crippen LogP contribution in [0.15, 0.2) is 47.4 Å². The molecule has 0 amide bonds. The Balaban J connectivity index is 2.42. The molecule has 2 aromatic rings. The quantitative estimate of drug-likeness (QED) is 0.492. The van der Waals surface area contributed by atoms with Crippen LogP contribution in [-0.2, 0) is 14.8 Å². The van der Waals surface area contributed by atoms with Gasteiger partial charge in [-0.25, -0.2) is 13.1 Å². The van der Waals surface area contributed by atoms with Crippen molar-refractivity contribution in [1.82, 2.24) is 4.72 Å². The highest BCUT2D eigenvalue weighted by Gasteiger charge is 2.26. The summed E-state index contributed by atoms with van der Waals surface area (Å²) in [4.78, 5) is 21.2. The molecule has 0 bridgehead atoms. The first-order valence-electron chi connectivity index (χ1n) is 7.38. The molecule has 0 fully saturated rings. The minimum absolute atomic E-state index is 0.0487. The van der Waals surface area contributed by atoms with E-state index in [4.69, 9.17) is 5.11 Å². The molecule has 0 aromatic heterocycles. The molecule has 0 aliphatic rings. The van der Waals surface area contributed by atoms with Gasteiger partial charge in [0.1, 0.15) is 0 Å². The molecule has 26 heavy (non-hydrogen) atoms. The molecular weight excluding hydrogens is 364 g/mol. The minimum atomic E-state index is -4.06. The second-order valence-corrected chi connectivity index (χ2v) is 7.30. The van der Waals surface area contributed by atoms with Gasteiger partial charge in [0.25, 0.3) is 0 Å². The van der Waals surface area contributed by atoms with E-state index in [0.717, 1.165) is 17.7 Å². The number of phenols is 1. The van der Waals surface area contributed by atoms with Gasteiger partial charge in [0.15, 0.2) is 5.75 Å². The van der Waals surface area contributed by atoms with Crippen LogP contribution in [0, 0.1) is 17.0 Å². The zero-order chi connectivity index (χ0) is 19.5. The maximum atomic E-state index is 12.5. The number of carboxylic acid groups (broad SMARTS) is 1. The van der Waals surface area contributed by atoms with Crippen LogP contribution in [0.25, 0.3) is 0 Å². The Bertz CT molecular complexity index is 940. The lowest BCUT2D eigenvalue weighted by molar-refractivity contribution is -0.385. The van der Waals surface area contributed by atoms with Crippen molar-refractivity contribution in [1.29, 1.82) is 0 Å². The SMILES string of the molecule is Cc1ccc(S(=O)(=O)NC(CC(=O)O)c2ccc(O)c([N+](=O)[O-])c2)cc1. The van der Waals surface area contributed by atoms with Crippen LogP contribution in [0.5, 0.6) is 5.75 Å². The lowest BCUT2D eigenvalue weighted by Gasteiger charge is -2.18. The maximum absolute atomic E-state index is 12.5. The highest BCUT2D eigenvalue weighted by molar-refractivity contribution is 7.89. The van der Waals surface area contributed by atoms with E-state index in [1.165, 1.54) is 18.2 Å². The Morgan fingerprint density at radius 1 is 1.23 bits per heavy atom. The maximum Gasteiger partial charge on any atom is 0.311 e. The smallest absolute Gasteiger partial charge is 0.311 e. The number of hydrogen-bond donors (Lipinski definition) is 3. The third-order valence-corrected chi connectivity index (χ3v) is 5.09. The predicted molar refractivity (Wildman–Crippen MR) is 91.3 cm³/mol. The summed E-state index contributed by atoms with van der Waals surface area (Å²) in [5, 5.41) is 29.5. The lowest BCUT2D eigenvalue weighted by atomic mass is 10.0. The average Bonchev–Trinajstić information content (AvgIpc) is 2.54. The number of aliphatic carboxylic acids is 1. The molecule has 3 N–H and O–H groups in total. The summed E-state index contributed by atoms with van der Waals surface area (Å²) in [5.41, 5.74) is 0.250. The molecule has 9 nitrogen and oxygen atoms in total. The molecule has 1 unspecified atom stereocenters. The Hall–Kier alpha value is -2.98. The molecule has 0 aliphatic heterocycles. The van der Waals surface area contributed by atoms with Gasteiger partial charge < -0.3 is 10.2 Å². The van der Waals surface area contributed by atoms with E-state index in [1.54, 1.807) is 19.1 Å². The Kier molecular flexibility index (Phi) is 5.58. The van der Waals surface area contributed by atoms with E-state index in [0.29, 0.717) is 0 Å². The second kappa shape index (κ2) is 7.50. The molecule has 0 saturated heterocycles. The van der Waals surface area contributed by atoms with Crippen LogP contribution in [-0.4, -0.2) is 29.5 Å². The third-order valence-electron chi connectivity index (χ3n) is 3.61. The lowest BCUT2D eigenvalue weighted by Crippen LogP contribution is -2.30. The molecule has 2 rings (SSSR count). The monoisotopic (exact) mass is 380 g/mol. The number of rotatable bonds is 7. The Morgan fingerprint density at radius 2 is 1.85 bits per heavy atom. The minimum Gasteiger partial charge on any atom is -0.502 e. The summed E-state index contributed by atoms with van der Waals surface area (Å²) in [6.07, 6.45) is -0.632. The number of aryl methyl sites for hydroxylation is 1. The number of nitrogens with one attached hydrogen (secondary N) is 1. The van der Waals surface area contributed by atoms with E-state index in [1.807, 2.05) is 0 Å². The zero-order valence-electron chi connectivity index (χ0n) is 13.6.